The summed E-state index contributed by atoms with van der Waals surface area (Å²) in [6, 6.07) is 10.1. The standard InChI is InChI=1S/C23H30N2O6S/c1-16(2)31-22-9-8-19(32(27,28)25-10-12-29-13-11-25)14-20(22)24-23(26)15-30-21-7-5-6-17(3)18(21)4/h5-9,14,16H,10-13,15H2,1-4H3,(H,24,26). The third kappa shape index (κ3) is 5.79. The lowest BCUT2D eigenvalue weighted by atomic mass is 10.1. The molecule has 2 aromatic carbocycles. The SMILES string of the molecule is Cc1cccc(OCC(=O)Nc2cc(S(=O)(=O)N3CCOCC3)ccc2OC(C)C)c1C. The number of carbonyl (C=O) groups is 1. The maximum Gasteiger partial charge on any atom is 0.262 e. The summed E-state index contributed by atoms with van der Waals surface area (Å²) >= 11 is 0. The lowest BCUT2D eigenvalue weighted by Crippen LogP contribution is -2.40. The van der Waals surface area contributed by atoms with Gasteiger partial charge >= 0.3 is 0 Å². The highest BCUT2D eigenvalue weighted by molar-refractivity contribution is 7.89. The first-order chi connectivity index (χ1) is 15.2. The Bertz CT molecular complexity index is 1060. The number of sulfonamides is 1. The summed E-state index contributed by atoms with van der Waals surface area (Å²) in [5.41, 5.74) is 2.31. The maximum absolute atomic E-state index is 13.0. The van der Waals surface area contributed by atoms with Crippen LogP contribution < -0.4 is 14.8 Å². The molecule has 1 saturated heterocycles. The van der Waals surface area contributed by atoms with Crippen molar-refractivity contribution in [2.45, 2.75) is 38.7 Å². The van der Waals surface area contributed by atoms with Gasteiger partial charge in [-0.2, -0.15) is 4.31 Å². The van der Waals surface area contributed by atoms with E-state index in [1.807, 2.05) is 39.8 Å². The molecule has 3 rings (SSSR count). The fourth-order valence-electron chi connectivity index (χ4n) is 3.27. The molecular weight excluding hydrogens is 432 g/mol. The van der Waals surface area contributed by atoms with Gasteiger partial charge in [0.15, 0.2) is 6.61 Å². The molecule has 1 aliphatic rings. The molecule has 1 heterocycles. The molecule has 32 heavy (non-hydrogen) atoms. The van der Waals surface area contributed by atoms with E-state index in [1.54, 1.807) is 12.1 Å². The average molecular weight is 463 g/mol. The number of carbonyl (C=O) groups excluding carboxylic acids is 1. The molecule has 0 saturated carbocycles. The van der Waals surface area contributed by atoms with Gasteiger partial charge in [-0.1, -0.05) is 12.1 Å². The Labute approximate surface area is 189 Å². The third-order valence-electron chi connectivity index (χ3n) is 5.11. The largest absolute Gasteiger partial charge is 0.489 e. The van der Waals surface area contributed by atoms with Crippen molar-refractivity contribution < 1.29 is 27.4 Å². The number of nitrogens with zero attached hydrogens (tertiary/aromatic N) is 1. The summed E-state index contributed by atoms with van der Waals surface area (Å²) in [5.74, 6) is 0.601. The number of nitrogens with one attached hydrogen (secondary N) is 1. The monoisotopic (exact) mass is 462 g/mol. The number of hydrogen-bond donors (Lipinski definition) is 1. The minimum Gasteiger partial charge on any atom is -0.489 e. The molecule has 2 aromatic rings. The summed E-state index contributed by atoms with van der Waals surface area (Å²) in [6.45, 7) is 8.68. The lowest BCUT2D eigenvalue weighted by Gasteiger charge is -2.26. The summed E-state index contributed by atoms with van der Waals surface area (Å²) in [6.07, 6.45) is -0.154. The van der Waals surface area contributed by atoms with Crippen LogP contribution in [-0.4, -0.2) is 57.6 Å². The maximum atomic E-state index is 13.0. The Kier molecular flexibility index (Phi) is 7.76. The zero-order valence-electron chi connectivity index (χ0n) is 18.9. The van der Waals surface area contributed by atoms with Gasteiger partial charge in [0.1, 0.15) is 11.5 Å². The number of morpholine rings is 1. The van der Waals surface area contributed by atoms with E-state index in [1.165, 1.54) is 16.4 Å². The number of anilines is 1. The molecule has 9 heteroatoms. The molecule has 1 fully saturated rings. The number of hydrogen-bond acceptors (Lipinski definition) is 6. The van der Waals surface area contributed by atoms with E-state index in [9.17, 15) is 13.2 Å². The average Bonchev–Trinajstić information content (AvgIpc) is 2.76. The Morgan fingerprint density at radius 3 is 2.53 bits per heavy atom. The first-order valence-electron chi connectivity index (χ1n) is 10.6. The van der Waals surface area contributed by atoms with Crippen LogP contribution in [0.5, 0.6) is 11.5 Å². The van der Waals surface area contributed by atoms with Crippen molar-refractivity contribution >= 4 is 21.6 Å². The molecule has 1 amide bonds. The zero-order valence-corrected chi connectivity index (χ0v) is 19.7. The van der Waals surface area contributed by atoms with Gasteiger partial charge in [-0.15, -0.1) is 0 Å². The summed E-state index contributed by atoms with van der Waals surface area (Å²) in [7, 11) is -3.72. The van der Waals surface area contributed by atoms with Gasteiger partial charge in [0.25, 0.3) is 5.91 Å². The second-order valence-corrected chi connectivity index (χ2v) is 9.81. The fourth-order valence-corrected chi connectivity index (χ4v) is 4.70. The molecule has 1 aliphatic heterocycles. The molecule has 0 radical (unpaired) electrons. The lowest BCUT2D eigenvalue weighted by molar-refractivity contribution is -0.118. The van der Waals surface area contributed by atoms with Gasteiger partial charge < -0.3 is 19.5 Å². The van der Waals surface area contributed by atoms with Crippen LogP contribution >= 0.6 is 0 Å². The summed E-state index contributed by atoms with van der Waals surface area (Å²) in [4.78, 5) is 12.7. The minimum absolute atomic E-state index is 0.0845. The smallest absolute Gasteiger partial charge is 0.262 e. The highest BCUT2D eigenvalue weighted by Gasteiger charge is 2.27. The van der Waals surface area contributed by atoms with Gasteiger partial charge in [-0.25, -0.2) is 8.42 Å². The number of rotatable bonds is 8. The van der Waals surface area contributed by atoms with Gasteiger partial charge in [0.05, 0.1) is 29.9 Å². The molecule has 174 valence electrons. The van der Waals surface area contributed by atoms with E-state index in [2.05, 4.69) is 5.32 Å². The predicted molar refractivity (Wildman–Crippen MR) is 122 cm³/mol. The van der Waals surface area contributed by atoms with Gasteiger partial charge in [-0.3, -0.25) is 4.79 Å². The van der Waals surface area contributed by atoms with Crippen molar-refractivity contribution in [2.24, 2.45) is 0 Å². The van der Waals surface area contributed by atoms with E-state index in [4.69, 9.17) is 14.2 Å². The first kappa shape index (κ1) is 24.0. The van der Waals surface area contributed by atoms with Gasteiger partial charge in [-0.05, 0) is 63.1 Å². The number of benzene rings is 2. The second-order valence-electron chi connectivity index (χ2n) is 7.88. The van der Waals surface area contributed by atoms with Crippen LogP contribution in [-0.2, 0) is 19.6 Å². The van der Waals surface area contributed by atoms with Gasteiger partial charge in [0.2, 0.25) is 10.0 Å². The highest BCUT2D eigenvalue weighted by atomic mass is 32.2. The van der Waals surface area contributed by atoms with Crippen molar-refractivity contribution in [2.75, 3.05) is 38.2 Å². The van der Waals surface area contributed by atoms with Crippen LogP contribution in [0.2, 0.25) is 0 Å². The Morgan fingerprint density at radius 2 is 1.84 bits per heavy atom. The van der Waals surface area contributed by atoms with E-state index in [0.29, 0.717) is 24.7 Å². The number of amides is 1. The van der Waals surface area contributed by atoms with Crippen LogP contribution in [0.3, 0.4) is 0 Å². The summed E-state index contributed by atoms with van der Waals surface area (Å²) in [5, 5.41) is 2.74. The molecule has 0 spiro atoms. The van der Waals surface area contributed by atoms with E-state index in [0.717, 1.165) is 11.1 Å². The van der Waals surface area contributed by atoms with Crippen LogP contribution in [0.1, 0.15) is 25.0 Å². The quantitative estimate of drug-likeness (QED) is 0.648. The van der Waals surface area contributed by atoms with Crippen LogP contribution in [0.4, 0.5) is 5.69 Å². The van der Waals surface area contributed by atoms with Gasteiger partial charge in [0, 0.05) is 13.1 Å². The van der Waals surface area contributed by atoms with Crippen LogP contribution in [0.25, 0.3) is 0 Å². The van der Waals surface area contributed by atoms with Crippen LogP contribution in [0.15, 0.2) is 41.3 Å². The normalized spacial score (nSPS) is 14.9. The molecule has 1 N–H and O–H groups in total. The van der Waals surface area contributed by atoms with Crippen LogP contribution in [0, 0.1) is 13.8 Å². The Morgan fingerprint density at radius 1 is 1.12 bits per heavy atom. The Hall–Kier alpha value is -2.62. The number of ether oxygens (including phenoxy) is 3. The van der Waals surface area contributed by atoms with Crippen molar-refractivity contribution in [1.29, 1.82) is 0 Å². The molecule has 0 atom stereocenters. The minimum atomic E-state index is -3.72. The molecule has 0 bridgehead atoms. The predicted octanol–water partition coefficient (Wildman–Crippen LogP) is 3.13. The third-order valence-corrected chi connectivity index (χ3v) is 7.00. The Balaban J connectivity index is 1.80. The van der Waals surface area contributed by atoms with Crippen molar-refractivity contribution in [3.8, 4) is 11.5 Å². The first-order valence-corrected chi connectivity index (χ1v) is 12.0. The zero-order chi connectivity index (χ0) is 23.3. The highest BCUT2D eigenvalue weighted by Crippen LogP contribution is 2.30. The number of aryl methyl sites for hydroxylation is 1. The van der Waals surface area contributed by atoms with Crippen molar-refractivity contribution in [1.82, 2.24) is 4.31 Å². The summed E-state index contributed by atoms with van der Waals surface area (Å²) < 4.78 is 44.1. The molecule has 8 nitrogen and oxygen atoms in total. The van der Waals surface area contributed by atoms with Crippen molar-refractivity contribution in [3.05, 3.63) is 47.5 Å². The van der Waals surface area contributed by atoms with E-state index < -0.39 is 15.9 Å². The van der Waals surface area contributed by atoms with Crippen molar-refractivity contribution in [3.63, 3.8) is 0 Å². The molecule has 0 aliphatic carbocycles. The molecule has 0 aromatic heterocycles. The topological polar surface area (TPSA) is 94.2 Å². The fraction of sp³-hybridized carbons (Fsp3) is 0.435. The molecule has 0 unspecified atom stereocenters. The second kappa shape index (κ2) is 10.3. The molecular formula is C23H30N2O6S. The van der Waals surface area contributed by atoms with E-state index in [-0.39, 0.29) is 36.4 Å². The van der Waals surface area contributed by atoms with E-state index >= 15 is 0 Å².